The highest BCUT2D eigenvalue weighted by Crippen LogP contribution is 2.26. The molecule has 1 heterocycles. The number of carbonyl (C=O) groups excluding carboxylic acids is 1. The molecule has 0 atom stereocenters. The molecule has 92 valence electrons. The minimum atomic E-state index is -0.548. The van der Waals surface area contributed by atoms with Crippen molar-refractivity contribution in [3.05, 3.63) is 18.1 Å². The van der Waals surface area contributed by atoms with Gasteiger partial charge in [-0.1, -0.05) is 0 Å². The summed E-state index contributed by atoms with van der Waals surface area (Å²) in [5.74, 6) is 0.571. The number of ether oxygens (including phenoxy) is 1. The van der Waals surface area contributed by atoms with E-state index in [1.54, 1.807) is 6.07 Å². The second kappa shape index (κ2) is 5.09. The molecule has 0 bridgehead atoms. The summed E-state index contributed by atoms with van der Waals surface area (Å²) in [7, 11) is 1.29. The molecule has 2 N–H and O–H groups in total. The van der Waals surface area contributed by atoms with Gasteiger partial charge in [-0.25, -0.2) is 14.8 Å². The van der Waals surface area contributed by atoms with Crippen molar-refractivity contribution < 1.29 is 14.6 Å². The van der Waals surface area contributed by atoms with Gasteiger partial charge >= 0.3 is 5.97 Å². The highest BCUT2D eigenvalue weighted by atomic mass is 16.5. The summed E-state index contributed by atoms with van der Waals surface area (Å²) in [6.45, 7) is 0.745. The molecule has 0 unspecified atom stereocenters. The van der Waals surface area contributed by atoms with Gasteiger partial charge in [0.25, 0.3) is 0 Å². The van der Waals surface area contributed by atoms with Crippen molar-refractivity contribution in [1.29, 1.82) is 0 Å². The number of hydrogen-bond donors (Lipinski definition) is 2. The zero-order chi connectivity index (χ0) is 12.3. The van der Waals surface area contributed by atoms with Crippen molar-refractivity contribution in [3.63, 3.8) is 0 Å². The van der Waals surface area contributed by atoms with Crippen LogP contribution in [-0.4, -0.2) is 40.8 Å². The van der Waals surface area contributed by atoms with Gasteiger partial charge in [0.2, 0.25) is 5.82 Å². The third kappa shape index (κ3) is 2.91. The molecular weight excluding hydrogens is 222 g/mol. The van der Waals surface area contributed by atoms with Gasteiger partial charge in [-0.3, -0.25) is 0 Å². The monoisotopic (exact) mass is 237 g/mol. The van der Waals surface area contributed by atoms with Gasteiger partial charge in [-0.2, -0.15) is 0 Å². The number of nitrogens with one attached hydrogen (secondary N) is 1. The Morgan fingerprint density at radius 1 is 1.65 bits per heavy atom. The summed E-state index contributed by atoms with van der Waals surface area (Å²) >= 11 is 0. The molecule has 0 aliphatic heterocycles. The van der Waals surface area contributed by atoms with E-state index in [0.29, 0.717) is 11.7 Å². The van der Waals surface area contributed by atoms with Crippen molar-refractivity contribution >= 4 is 11.8 Å². The molecule has 1 fully saturated rings. The minimum Gasteiger partial charge on any atom is -0.463 e. The molecule has 0 saturated heterocycles. The number of rotatable bonds is 4. The average Bonchev–Trinajstić information content (AvgIpc) is 2.32. The number of aliphatic hydroxyl groups is 1. The third-order valence-electron chi connectivity index (χ3n) is 2.81. The molecule has 0 aromatic carbocycles. The van der Waals surface area contributed by atoms with Crippen molar-refractivity contribution in [1.82, 2.24) is 9.97 Å². The lowest BCUT2D eigenvalue weighted by Crippen LogP contribution is -2.33. The van der Waals surface area contributed by atoms with Gasteiger partial charge in [0.05, 0.1) is 13.2 Å². The number of anilines is 1. The Morgan fingerprint density at radius 2 is 2.41 bits per heavy atom. The van der Waals surface area contributed by atoms with Gasteiger partial charge in [0.15, 0.2) is 0 Å². The highest BCUT2D eigenvalue weighted by Gasteiger charge is 2.26. The number of aliphatic hydroxyl groups excluding tert-OH is 1. The summed E-state index contributed by atoms with van der Waals surface area (Å²) in [5, 5.41) is 12.3. The molecule has 1 aliphatic rings. The Kier molecular flexibility index (Phi) is 3.53. The van der Waals surface area contributed by atoms with Crippen LogP contribution in [0.1, 0.15) is 23.5 Å². The molecule has 1 aliphatic carbocycles. The fraction of sp³-hybridized carbons (Fsp3) is 0.545. The standard InChI is InChI=1S/C11H15N3O3/c1-17-11(16)10-12-3-2-9(14-10)13-6-7-4-8(15)5-7/h2-3,7-8,15H,4-6H2,1H3,(H,12,13,14). The zero-order valence-corrected chi connectivity index (χ0v) is 9.59. The molecule has 6 nitrogen and oxygen atoms in total. The van der Waals surface area contributed by atoms with E-state index in [1.165, 1.54) is 13.3 Å². The second-order valence-corrected chi connectivity index (χ2v) is 4.13. The fourth-order valence-corrected chi connectivity index (χ4v) is 1.76. The van der Waals surface area contributed by atoms with Gasteiger partial charge in [0, 0.05) is 12.7 Å². The van der Waals surface area contributed by atoms with Crippen LogP contribution >= 0.6 is 0 Å². The first kappa shape index (κ1) is 11.8. The summed E-state index contributed by atoms with van der Waals surface area (Å²) < 4.78 is 4.54. The summed E-state index contributed by atoms with van der Waals surface area (Å²) in [5.41, 5.74) is 0. The Balaban J connectivity index is 1.90. The van der Waals surface area contributed by atoms with Crippen LogP contribution in [0.25, 0.3) is 0 Å². The molecule has 1 aromatic rings. The minimum absolute atomic E-state index is 0.0474. The molecule has 0 amide bonds. The van der Waals surface area contributed by atoms with E-state index in [0.717, 1.165) is 19.4 Å². The van der Waals surface area contributed by atoms with Crippen LogP contribution in [-0.2, 0) is 4.74 Å². The second-order valence-electron chi connectivity index (χ2n) is 4.13. The maximum atomic E-state index is 11.2. The zero-order valence-electron chi connectivity index (χ0n) is 9.59. The maximum absolute atomic E-state index is 11.2. The number of methoxy groups -OCH3 is 1. The lowest BCUT2D eigenvalue weighted by atomic mass is 9.82. The number of hydrogen-bond acceptors (Lipinski definition) is 6. The van der Waals surface area contributed by atoms with Crippen molar-refractivity contribution in [2.24, 2.45) is 5.92 Å². The van der Waals surface area contributed by atoms with Crippen LogP contribution < -0.4 is 5.32 Å². The fourth-order valence-electron chi connectivity index (χ4n) is 1.76. The normalized spacial score (nSPS) is 22.7. The van der Waals surface area contributed by atoms with Gasteiger partial charge < -0.3 is 15.2 Å². The molecular formula is C11H15N3O3. The van der Waals surface area contributed by atoms with E-state index in [9.17, 15) is 4.79 Å². The van der Waals surface area contributed by atoms with Gasteiger partial charge in [0.1, 0.15) is 5.82 Å². The van der Waals surface area contributed by atoms with E-state index in [-0.39, 0.29) is 11.9 Å². The Morgan fingerprint density at radius 3 is 3.06 bits per heavy atom. The quantitative estimate of drug-likeness (QED) is 0.739. The van der Waals surface area contributed by atoms with Crippen LogP contribution in [0.3, 0.4) is 0 Å². The number of esters is 1. The number of carbonyl (C=O) groups is 1. The van der Waals surface area contributed by atoms with E-state index in [2.05, 4.69) is 20.0 Å². The Bertz CT molecular complexity index is 405. The lowest BCUT2D eigenvalue weighted by molar-refractivity contribution is 0.0486. The number of nitrogens with zero attached hydrogens (tertiary/aromatic N) is 2. The average molecular weight is 237 g/mol. The largest absolute Gasteiger partial charge is 0.463 e. The topological polar surface area (TPSA) is 84.3 Å². The molecule has 2 rings (SSSR count). The molecule has 0 spiro atoms. The molecule has 17 heavy (non-hydrogen) atoms. The van der Waals surface area contributed by atoms with Crippen molar-refractivity contribution in [2.45, 2.75) is 18.9 Å². The molecule has 1 saturated carbocycles. The lowest BCUT2D eigenvalue weighted by Gasteiger charge is -2.31. The predicted octanol–water partition coefficient (Wildman–Crippen LogP) is 0.446. The summed E-state index contributed by atoms with van der Waals surface area (Å²) in [4.78, 5) is 19.1. The maximum Gasteiger partial charge on any atom is 0.376 e. The summed E-state index contributed by atoms with van der Waals surface area (Å²) in [6.07, 6.45) is 3.00. The SMILES string of the molecule is COC(=O)c1nccc(NCC2CC(O)C2)n1. The highest BCUT2D eigenvalue weighted by molar-refractivity contribution is 5.85. The van der Waals surface area contributed by atoms with Crippen LogP contribution in [0.2, 0.25) is 0 Å². The molecule has 1 aromatic heterocycles. The first-order valence-corrected chi connectivity index (χ1v) is 5.52. The van der Waals surface area contributed by atoms with Crippen LogP contribution in [0.4, 0.5) is 5.82 Å². The van der Waals surface area contributed by atoms with Crippen molar-refractivity contribution in [2.75, 3.05) is 19.0 Å². The van der Waals surface area contributed by atoms with E-state index < -0.39 is 5.97 Å². The van der Waals surface area contributed by atoms with Crippen molar-refractivity contribution in [3.8, 4) is 0 Å². The third-order valence-corrected chi connectivity index (χ3v) is 2.81. The van der Waals surface area contributed by atoms with Gasteiger partial charge in [-0.05, 0) is 24.8 Å². The predicted molar refractivity (Wildman–Crippen MR) is 60.6 cm³/mol. The Hall–Kier alpha value is -1.69. The van der Waals surface area contributed by atoms with Crippen LogP contribution in [0.5, 0.6) is 0 Å². The first-order valence-electron chi connectivity index (χ1n) is 5.52. The Labute approximate surface area is 99.0 Å². The first-order chi connectivity index (χ1) is 8.19. The van der Waals surface area contributed by atoms with Crippen LogP contribution in [0.15, 0.2) is 12.3 Å². The smallest absolute Gasteiger partial charge is 0.376 e. The van der Waals surface area contributed by atoms with Gasteiger partial charge in [-0.15, -0.1) is 0 Å². The van der Waals surface area contributed by atoms with E-state index >= 15 is 0 Å². The van der Waals surface area contributed by atoms with Crippen LogP contribution in [0, 0.1) is 5.92 Å². The molecule has 0 radical (unpaired) electrons. The molecule has 6 heteroatoms. The van der Waals surface area contributed by atoms with E-state index in [1.807, 2.05) is 0 Å². The summed E-state index contributed by atoms with van der Waals surface area (Å²) in [6, 6.07) is 1.70. The van der Waals surface area contributed by atoms with E-state index in [4.69, 9.17) is 5.11 Å². The number of aromatic nitrogens is 2.